The number of rotatable bonds is 7. The minimum atomic E-state index is -2.25. The normalized spacial score (nSPS) is 16.3. The van der Waals surface area contributed by atoms with E-state index in [9.17, 15) is 8.78 Å². The molecule has 0 bridgehead atoms. The molecule has 4 nitrogen and oxygen atoms in total. The van der Waals surface area contributed by atoms with Gasteiger partial charge >= 0.3 is 0 Å². The lowest BCUT2D eigenvalue weighted by Crippen LogP contribution is -2.49. The van der Waals surface area contributed by atoms with Gasteiger partial charge in [-0.15, -0.1) is 24.0 Å². The van der Waals surface area contributed by atoms with Gasteiger partial charge in [0.2, 0.25) is 0 Å². The number of likely N-dealkylation sites (tertiary alicyclic amines) is 1. The van der Waals surface area contributed by atoms with Crippen LogP contribution in [0.4, 0.5) is 8.78 Å². The van der Waals surface area contributed by atoms with Crippen molar-refractivity contribution >= 4 is 29.9 Å². The lowest BCUT2D eigenvalue weighted by atomic mass is 10.1. The summed E-state index contributed by atoms with van der Waals surface area (Å²) in [4.78, 5) is 6.53. The number of piperidine rings is 1. The molecule has 0 amide bonds. The first-order chi connectivity index (χ1) is 12.5. The zero-order valence-corrected chi connectivity index (χ0v) is 18.9. The third-order valence-electron chi connectivity index (χ3n) is 4.62. The highest BCUT2D eigenvalue weighted by molar-refractivity contribution is 14.0. The molecule has 1 fully saturated rings. The number of aryl methyl sites for hydroxylation is 2. The molecule has 1 aliphatic heterocycles. The van der Waals surface area contributed by atoms with Crippen molar-refractivity contribution in [1.82, 2.24) is 15.5 Å². The summed E-state index contributed by atoms with van der Waals surface area (Å²) in [5.41, 5.74) is 3.87. The molecule has 1 aromatic rings. The molecule has 1 aromatic carbocycles. The Hall–Kier alpha value is -0.960. The molecule has 7 heteroatoms. The molecule has 154 valence electrons. The zero-order chi connectivity index (χ0) is 18.9. The van der Waals surface area contributed by atoms with Gasteiger partial charge in [-0.1, -0.05) is 29.3 Å². The SMILES string of the molecule is CCNC(=NCCc1cc(C)cc(C)c1)NC1CCN(CC(F)F)CC1.I. The first-order valence-corrected chi connectivity index (χ1v) is 9.58. The highest BCUT2D eigenvalue weighted by Gasteiger charge is 2.21. The number of halogens is 3. The molecule has 0 unspecified atom stereocenters. The molecule has 27 heavy (non-hydrogen) atoms. The van der Waals surface area contributed by atoms with E-state index in [4.69, 9.17) is 4.99 Å². The van der Waals surface area contributed by atoms with Crippen molar-refractivity contribution in [3.63, 3.8) is 0 Å². The third-order valence-corrected chi connectivity index (χ3v) is 4.62. The Labute approximate surface area is 179 Å². The molecule has 1 saturated heterocycles. The standard InChI is InChI=1S/C20H32F2N4.HI/c1-4-23-20(24-8-5-17-12-15(2)11-16(3)13-17)25-18-6-9-26(10-7-18)14-19(21)22;/h11-13,18-19H,4-10,14H2,1-3H3,(H2,23,24,25);1H. The maximum Gasteiger partial charge on any atom is 0.251 e. The average Bonchev–Trinajstić information content (AvgIpc) is 2.55. The summed E-state index contributed by atoms with van der Waals surface area (Å²) >= 11 is 0. The van der Waals surface area contributed by atoms with Crippen molar-refractivity contribution in [3.05, 3.63) is 34.9 Å². The molecule has 0 aromatic heterocycles. The maximum absolute atomic E-state index is 12.5. The number of benzene rings is 1. The minimum absolute atomic E-state index is 0. The van der Waals surface area contributed by atoms with Crippen molar-refractivity contribution in [2.45, 2.75) is 52.5 Å². The van der Waals surface area contributed by atoms with Gasteiger partial charge < -0.3 is 10.6 Å². The molecule has 1 heterocycles. The van der Waals surface area contributed by atoms with E-state index in [1.54, 1.807) is 0 Å². The number of alkyl halides is 2. The number of nitrogens with one attached hydrogen (secondary N) is 2. The first-order valence-electron chi connectivity index (χ1n) is 9.58. The molecule has 0 atom stereocenters. The van der Waals surface area contributed by atoms with E-state index in [1.807, 2.05) is 11.8 Å². The Morgan fingerprint density at radius 2 is 1.81 bits per heavy atom. The lowest BCUT2D eigenvalue weighted by molar-refractivity contribution is 0.0744. The third kappa shape index (κ3) is 9.19. The van der Waals surface area contributed by atoms with Crippen LogP contribution in [0.15, 0.2) is 23.2 Å². The summed E-state index contributed by atoms with van der Waals surface area (Å²) in [6.45, 7) is 9.12. The summed E-state index contributed by atoms with van der Waals surface area (Å²) < 4.78 is 24.9. The molecular formula is C20H33F2IN4. The van der Waals surface area contributed by atoms with E-state index < -0.39 is 6.43 Å². The molecule has 0 aliphatic carbocycles. The summed E-state index contributed by atoms with van der Waals surface area (Å²) in [6, 6.07) is 6.89. The van der Waals surface area contributed by atoms with Gasteiger partial charge in [-0.3, -0.25) is 9.89 Å². The minimum Gasteiger partial charge on any atom is -0.357 e. The second-order valence-corrected chi connectivity index (χ2v) is 7.12. The van der Waals surface area contributed by atoms with Crippen LogP contribution in [-0.2, 0) is 6.42 Å². The van der Waals surface area contributed by atoms with Crippen molar-refractivity contribution in [1.29, 1.82) is 0 Å². The van der Waals surface area contributed by atoms with Crippen LogP contribution in [0.25, 0.3) is 0 Å². The second kappa shape index (κ2) is 12.5. The van der Waals surface area contributed by atoms with Crippen LogP contribution in [0, 0.1) is 13.8 Å². The molecular weight excluding hydrogens is 461 g/mol. The molecule has 0 radical (unpaired) electrons. The Morgan fingerprint density at radius 3 is 2.37 bits per heavy atom. The molecule has 0 spiro atoms. The summed E-state index contributed by atoms with van der Waals surface area (Å²) in [5.74, 6) is 0.823. The van der Waals surface area contributed by atoms with Crippen LogP contribution in [0.5, 0.6) is 0 Å². The smallest absolute Gasteiger partial charge is 0.251 e. The first kappa shape index (κ1) is 24.1. The highest BCUT2D eigenvalue weighted by Crippen LogP contribution is 2.12. The van der Waals surface area contributed by atoms with Gasteiger partial charge in [-0.2, -0.15) is 0 Å². The Balaban J connectivity index is 0.00000364. The van der Waals surface area contributed by atoms with Crippen LogP contribution in [-0.4, -0.2) is 56.1 Å². The fraction of sp³-hybridized carbons (Fsp3) is 0.650. The van der Waals surface area contributed by atoms with E-state index in [2.05, 4.69) is 42.7 Å². The van der Waals surface area contributed by atoms with Crippen molar-refractivity contribution in [2.24, 2.45) is 4.99 Å². The van der Waals surface area contributed by atoms with E-state index in [0.717, 1.165) is 38.3 Å². The topological polar surface area (TPSA) is 39.7 Å². The second-order valence-electron chi connectivity index (χ2n) is 7.12. The van der Waals surface area contributed by atoms with Crippen LogP contribution in [0.3, 0.4) is 0 Å². The van der Waals surface area contributed by atoms with Gasteiger partial charge in [0, 0.05) is 32.2 Å². The zero-order valence-electron chi connectivity index (χ0n) is 16.6. The van der Waals surface area contributed by atoms with Crippen LogP contribution >= 0.6 is 24.0 Å². The number of nitrogens with zero attached hydrogens (tertiary/aromatic N) is 2. The number of hydrogen-bond acceptors (Lipinski definition) is 2. The van der Waals surface area contributed by atoms with E-state index >= 15 is 0 Å². The number of guanidine groups is 1. The quantitative estimate of drug-likeness (QED) is 0.345. The van der Waals surface area contributed by atoms with Crippen LogP contribution < -0.4 is 10.6 Å². The maximum atomic E-state index is 12.5. The van der Waals surface area contributed by atoms with Gasteiger partial charge in [0.05, 0.1) is 6.54 Å². The van der Waals surface area contributed by atoms with Crippen molar-refractivity contribution in [2.75, 3.05) is 32.7 Å². The van der Waals surface area contributed by atoms with Gasteiger partial charge in [0.1, 0.15) is 0 Å². The lowest BCUT2D eigenvalue weighted by Gasteiger charge is -2.32. The van der Waals surface area contributed by atoms with Crippen LogP contribution in [0.2, 0.25) is 0 Å². The van der Waals surface area contributed by atoms with Gasteiger partial charge in [-0.25, -0.2) is 8.78 Å². The Morgan fingerprint density at radius 1 is 1.19 bits per heavy atom. The predicted molar refractivity (Wildman–Crippen MR) is 120 cm³/mol. The van der Waals surface area contributed by atoms with E-state index in [0.29, 0.717) is 19.1 Å². The summed E-state index contributed by atoms with van der Waals surface area (Å²) in [5, 5.41) is 6.75. The molecule has 1 aliphatic rings. The summed E-state index contributed by atoms with van der Waals surface area (Å²) in [6.07, 6.45) is 0.401. The molecule has 2 N–H and O–H groups in total. The summed E-state index contributed by atoms with van der Waals surface area (Å²) in [7, 11) is 0. The average molecular weight is 494 g/mol. The fourth-order valence-electron chi connectivity index (χ4n) is 3.48. The Bertz CT molecular complexity index is 567. The highest BCUT2D eigenvalue weighted by atomic mass is 127. The van der Waals surface area contributed by atoms with Gasteiger partial charge in [-0.05, 0) is 45.6 Å². The predicted octanol–water partition coefficient (Wildman–Crippen LogP) is 3.75. The van der Waals surface area contributed by atoms with E-state index in [1.165, 1.54) is 16.7 Å². The molecule has 2 rings (SSSR count). The Kier molecular flexibility index (Phi) is 11.1. The van der Waals surface area contributed by atoms with Crippen molar-refractivity contribution in [3.8, 4) is 0 Å². The number of hydrogen-bond donors (Lipinski definition) is 2. The van der Waals surface area contributed by atoms with E-state index in [-0.39, 0.29) is 30.5 Å². The van der Waals surface area contributed by atoms with Gasteiger partial charge in [0.15, 0.2) is 5.96 Å². The van der Waals surface area contributed by atoms with Crippen molar-refractivity contribution < 1.29 is 8.78 Å². The monoisotopic (exact) mass is 494 g/mol. The molecule has 0 saturated carbocycles. The number of aliphatic imine (C=N–C) groups is 1. The fourth-order valence-corrected chi connectivity index (χ4v) is 3.48. The van der Waals surface area contributed by atoms with Crippen LogP contribution in [0.1, 0.15) is 36.5 Å². The van der Waals surface area contributed by atoms with Gasteiger partial charge in [0.25, 0.3) is 6.43 Å². The largest absolute Gasteiger partial charge is 0.357 e.